The molecule has 2 N–H and O–H groups in total. The van der Waals surface area contributed by atoms with Gasteiger partial charge >= 0.3 is 0 Å². The van der Waals surface area contributed by atoms with Gasteiger partial charge in [0.2, 0.25) is 0 Å². The number of aromatic nitrogens is 5. The van der Waals surface area contributed by atoms with Crippen molar-refractivity contribution in [2.45, 2.75) is 19.9 Å². The Labute approximate surface area is 74.8 Å². The van der Waals surface area contributed by atoms with Crippen LogP contribution < -0.4 is 5.73 Å². The molecule has 0 aliphatic rings. The number of fused-ring (bicyclic) bond motifs is 1. The van der Waals surface area contributed by atoms with Crippen LogP contribution in [0.3, 0.4) is 0 Å². The molecule has 2 aromatic rings. The van der Waals surface area contributed by atoms with Gasteiger partial charge in [-0.15, -0.1) is 5.10 Å². The van der Waals surface area contributed by atoms with Crippen LogP contribution in [0.15, 0.2) is 6.33 Å². The first-order valence-electron chi connectivity index (χ1n) is 4.01. The van der Waals surface area contributed by atoms with Gasteiger partial charge in [0, 0.05) is 0 Å². The highest BCUT2D eigenvalue weighted by Crippen LogP contribution is 2.15. The van der Waals surface area contributed by atoms with Crippen LogP contribution in [-0.4, -0.2) is 25.0 Å². The van der Waals surface area contributed by atoms with Gasteiger partial charge in [-0.25, -0.2) is 14.6 Å². The highest BCUT2D eigenvalue weighted by Gasteiger charge is 2.10. The molecule has 0 radical (unpaired) electrons. The Morgan fingerprint density at radius 3 is 2.85 bits per heavy atom. The molecule has 0 amide bonds. The summed E-state index contributed by atoms with van der Waals surface area (Å²) in [6.07, 6.45) is 1.42. The molecule has 68 valence electrons. The molecule has 0 bridgehead atoms. The van der Waals surface area contributed by atoms with Crippen molar-refractivity contribution in [3.8, 4) is 0 Å². The fourth-order valence-electron chi connectivity index (χ4n) is 1.13. The van der Waals surface area contributed by atoms with Crippen LogP contribution in [0, 0.1) is 0 Å². The number of rotatable bonds is 1. The lowest BCUT2D eigenvalue weighted by Gasteiger charge is -2.03. The summed E-state index contributed by atoms with van der Waals surface area (Å²) in [5, 5.41) is 7.84. The topological polar surface area (TPSA) is 82.5 Å². The molecule has 2 aromatic heterocycles. The quantitative estimate of drug-likeness (QED) is 0.682. The lowest BCUT2D eigenvalue weighted by molar-refractivity contribution is 0.526. The number of hydrogen-bond donors (Lipinski definition) is 1. The number of nitrogens with two attached hydrogens (primary N) is 1. The Hall–Kier alpha value is -1.72. The molecule has 2 rings (SSSR count). The molecule has 6 nitrogen and oxygen atoms in total. The van der Waals surface area contributed by atoms with Crippen molar-refractivity contribution in [2.75, 3.05) is 5.73 Å². The van der Waals surface area contributed by atoms with E-state index in [9.17, 15) is 0 Å². The molecule has 0 spiro atoms. The lowest BCUT2D eigenvalue weighted by atomic mass is 10.4. The van der Waals surface area contributed by atoms with E-state index >= 15 is 0 Å². The smallest absolute Gasteiger partial charge is 0.184 e. The fraction of sp³-hybridized carbons (Fsp3) is 0.429. The molecule has 6 heteroatoms. The number of anilines is 1. The van der Waals surface area contributed by atoms with Crippen LogP contribution in [0.5, 0.6) is 0 Å². The van der Waals surface area contributed by atoms with Gasteiger partial charge in [0.15, 0.2) is 17.0 Å². The van der Waals surface area contributed by atoms with E-state index in [4.69, 9.17) is 5.73 Å². The van der Waals surface area contributed by atoms with Crippen molar-refractivity contribution in [1.29, 1.82) is 0 Å². The lowest BCUT2D eigenvalue weighted by Crippen LogP contribution is -2.04. The minimum absolute atomic E-state index is 0.222. The highest BCUT2D eigenvalue weighted by atomic mass is 15.5. The molecule has 0 atom stereocenters. The van der Waals surface area contributed by atoms with Crippen molar-refractivity contribution in [3.63, 3.8) is 0 Å². The Bertz CT molecular complexity index is 431. The summed E-state index contributed by atoms with van der Waals surface area (Å²) < 4.78 is 1.72. The summed E-state index contributed by atoms with van der Waals surface area (Å²) in [7, 11) is 0. The van der Waals surface area contributed by atoms with Gasteiger partial charge in [0.1, 0.15) is 6.33 Å². The van der Waals surface area contributed by atoms with Crippen molar-refractivity contribution >= 4 is 17.0 Å². The summed E-state index contributed by atoms with van der Waals surface area (Å²) in [6, 6.07) is 0.222. The summed E-state index contributed by atoms with van der Waals surface area (Å²) in [6.45, 7) is 4.01. The van der Waals surface area contributed by atoms with E-state index in [0.29, 0.717) is 17.0 Å². The first-order chi connectivity index (χ1) is 6.20. The molecule has 0 unspecified atom stereocenters. The molecule has 0 fully saturated rings. The van der Waals surface area contributed by atoms with Gasteiger partial charge in [-0.3, -0.25) is 0 Å². The average molecular weight is 178 g/mol. The second kappa shape index (κ2) is 2.65. The Morgan fingerprint density at radius 1 is 1.38 bits per heavy atom. The Morgan fingerprint density at radius 2 is 2.15 bits per heavy atom. The maximum absolute atomic E-state index is 5.60. The van der Waals surface area contributed by atoms with Gasteiger partial charge in [-0.2, -0.15) is 0 Å². The zero-order valence-corrected chi connectivity index (χ0v) is 7.47. The van der Waals surface area contributed by atoms with E-state index in [0.717, 1.165) is 0 Å². The van der Waals surface area contributed by atoms with E-state index < -0.39 is 0 Å². The third-order valence-corrected chi connectivity index (χ3v) is 1.78. The summed E-state index contributed by atoms with van der Waals surface area (Å²) >= 11 is 0. The normalized spacial score (nSPS) is 11.3. The number of nitrogens with zero attached hydrogens (tertiary/aromatic N) is 5. The van der Waals surface area contributed by atoms with Crippen LogP contribution in [-0.2, 0) is 0 Å². The molecule has 0 saturated carbocycles. The van der Waals surface area contributed by atoms with Crippen LogP contribution in [0.4, 0.5) is 5.82 Å². The number of nitrogen functional groups attached to an aromatic ring is 1. The van der Waals surface area contributed by atoms with Crippen molar-refractivity contribution in [1.82, 2.24) is 25.0 Å². The molecule has 13 heavy (non-hydrogen) atoms. The van der Waals surface area contributed by atoms with Gasteiger partial charge in [-0.1, -0.05) is 5.21 Å². The van der Waals surface area contributed by atoms with Crippen molar-refractivity contribution in [3.05, 3.63) is 6.33 Å². The first-order valence-corrected chi connectivity index (χ1v) is 4.01. The fourth-order valence-corrected chi connectivity index (χ4v) is 1.13. The first kappa shape index (κ1) is 7.90. The van der Waals surface area contributed by atoms with Crippen LogP contribution in [0.25, 0.3) is 11.2 Å². The second-order valence-corrected chi connectivity index (χ2v) is 3.06. The van der Waals surface area contributed by atoms with Crippen LogP contribution in [0.1, 0.15) is 19.9 Å². The second-order valence-electron chi connectivity index (χ2n) is 3.06. The van der Waals surface area contributed by atoms with Gasteiger partial charge < -0.3 is 5.73 Å². The zero-order valence-electron chi connectivity index (χ0n) is 7.47. The van der Waals surface area contributed by atoms with E-state index in [1.165, 1.54) is 6.33 Å². The van der Waals surface area contributed by atoms with E-state index in [-0.39, 0.29) is 6.04 Å². The highest BCUT2D eigenvalue weighted by molar-refractivity contribution is 5.80. The SMILES string of the molecule is CC(C)n1nnc2c(N)ncnc21. The molecule has 0 aromatic carbocycles. The Balaban J connectivity index is 2.75. The van der Waals surface area contributed by atoms with E-state index in [1.54, 1.807) is 4.68 Å². The van der Waals surface area contributed by atoms with Gasteiger partial charge in [0.05, 0.1) is 6.04 Å². The van der Waals surface area contributed by atoms with E-state index in [1.807, 2.05) is 13.8 Å². The summed E-state index contributed by atoms with van der Waals surface area (Å²) in [5.41, 5.74) is 6.85. The van der Waals surface area contributed by atoms with Crippen LogP contribution in [0.2, 0.25) is 0 Å². The molecule has 0 saturated heterocycles. The molecule has 0 aliphatic carbocycles. The zero-order chi connectivity index (χ0) is 9.42. The molecule has 2 heterocycles. The standard InChI is InChI=1S/C7H10N6/c1-4(2)13-7-5(11-12-13)6(8)9-3-10-7/h3-4H,1-2H3,(H2,8,9,10). The molecular weight excluding hydrogens is 168 g/mol. The van der Waals surface area contributed by atoms with Gasteiger partial charge in [-0.05, 0) is 13.8 Å². The van der Waals surface area contributed by atoms with Crippen molar-refractivity contribution < 1.29 is 0 Å². The summed E-state index contributed by atoms with van der Waals surface area (Å²) in [5.74, 6) is 0.372. The monoisotopic (exact) mass is 178 g/mol. The number of hydrogen-bond acceptors (Lipinski definition) is 5. The maximum Gasteiger partial charge on any atom is 0.184 e. The van der Waals surface area contributed by atoms with E-state index in [2.05, 4.69) is 20.3 Å². The third-order valence-electron chi connectivity index (χ3n) is 1.78. The maximum atomic E-state index is 5.60. The third kappa shape index (κ3) is 1.10. The van der Waals surface area contributed by atoms with Gasteiger partial charge in [0.25, 0.3) is 0 Å². The average Bonchev–Trinajstić information content (AvgIpc) is 2.48. The molecule has 0 aliphatic heterocycles. The predicted molar refractivity (Wildman–Crippen MR) is 47.9 cm³/mol. The van der Waals surface area contributed by atoms with Crippen molar-refractivity contribution in [2.24, 2.45) is 0 Å². The summed E-state index contributed by atoms with van der Waals surface area (Å²) in [4.78, 5) is 7.90. The largest absolute Gasteiger partial charge is 0.382 e. The molecular formula is C7H10N6. The minimum atomic E-state index is 0.222. The predicted octanol–water partition coefficient (Wildman–Crippen LogP) is 0.384. The van der Waals surface area contributed by atoms with Crippen LogP contribution >= 0.6 is 0 Å². The Kier molecular flexibility index (Phi) is 1.61. The minimum Gasteiger partial charge on any atom is -0.382 e.